The predicted molar refractivity (Wildman–Crippen MR) is 79.4 cm³/mol. The molecule has 0 aromatic heterocycles. The predicted octanol–water partition coefficient (Wildman–Crippen LogP) is 3.97. The highest BCUT2D eigenvalue weighted by Crippen LogP contribution is 2.27. The van der Waals surface area contributed by atoms with Gasteiger partial charge in [-0.25, -0.2) is 4.39 Å². The first kappa shape index (κ1) is 14.8. The van der Waals surface area contributed by atoms with Crippen molar-refractivity contribution >= 4 is 15.9 Å². The standard InChI is InChI=1S/C15H21BrFNO/c1-19-14-8-4-5-12(15(14)17)11-18(10-9-16)13-6-2-3-7-13/h4-5,8,13H,2-3,6-7,9-11H2,1H3. The first-order valence-electron chi connectivity index (χ1n) is 6.87. The second kappa shape index (κ2) is 7.25. The number of alkyl halides is 1. The summed E-state index contributed by atoms with van der Waals surface area (Å²) in [6.45, 7) is 1.63. The van der Waals surface area contributed by atoms with Gasteiger partial charge < -0.3 is 4.74 Å². The van der Waals surface area contributed by atoms with Crippen LogP contribution < -0.4 is 4.74 Å². The van der Waals surface area contributed by atoms with Crippen LogP contribution in [-0.4, -0.2) is 29.9 Å². The number of hydrogen-bond donors (Lipinski definition) is 0. The molecule has 2 rings (SSSR count). The van der Waals surface area contributed by atoms with E-state index in [0.717, 1.165) is 17.4 Å². The van der Waals surface area contributed by atoms with E-state index in [4.69, 9.17) is 4.74 Å². The van der Waals surface area contributed by atoms with Gasteiger partial charge in [-0.2, -0.15) is 0 Å². The third-order valence-corrected chi connectivity index (χ3v) is 4.20. The van der Waals surface area contributed by atoms with Gasteiger partial charge in [-0.05, 0) is 18.9 Å². The highest BCUT2D eigenvalue weighted by atomic mass is 79.9. The van der Waals surface area contributed by atoms with Crippen molar-refractivity contribution in [3.63, 3.8) is 0 Å². The van der Waals surface area contributed by atoms with Crippen LogP contribution in [-0.2, 0) is 6.54 Å². The normalized spacial score (nSPS) is 16.2. The quantitative estimate of drug-likeness (QED) is 0.732. The average Bonchev–Trinajstić information content (AvgIpc) is 2.94. The Labute approximate surface area is 123 Å². The molecule has 1 fully saturated rings. The zero-order chi connectivity index (χ0) is 13.7. The van der Waals surface area contributed by atoms with E-state index in [2.05, 4.69) is 20.8 Å². The van der Waals surface area contributed by atoms with E-state index in [1.165, 1.54) is 32.8 Å². The lowest BCUT2D eigenvalue weighted by atomic mass is 10.1. The zero-order valence-corrected chi connectivity index (χ0v) is 13.0. The molecule has 4 heteroatoms. The Morgan fingerprint density at radius 3 is 2.74 bits per heavy atom. The Morgan fingerprint density at radius 2 is 2.11 bits per heavy atom. The van der Waals surface area contributed by atoms with Crippen molar-refractivity contribution in [2.24, 2.45) is 0 Å². The number of rotatable bonds is 6. The van der Waals surface area contributed by atoms with Crippen molar-refractivity contribution in [1.82, 2.24) is 4.90 Å². The van der Waals surface area contributed by atoms with Gasteiger partial charge in [0.2, 0.25) is 0 Å². The number of ether oxygens (including phenoxy) is 1. The maximum atomic E-state index is 14.2. The topological polar surface area (TPSA) is 12.5 Å². The molecule has 1 aliphatic rings. The molecule has 0 aliphatic heterocycles. The molecular weight excluding hydrogens is 309 g/mol. The van der Waals surface area contributed by atoms with Gasteiger partial charge in [0.15, 0.2) is 11.6 Å². The van der Waals surface area contributed by atoms with Crippen LogP contribution in [0.15, 0.2) is 18.2 Å². The highest BCUT2D eigenvalue weighted by Gasteiger charge is 2.23. The lowest BCUT2D eigenvalue weighted by molar-refractivity contribution is 0.199. The lowest BCUT2D eigenvalue weighted by Gasteiger charge is -2.28. The van der Waals surface area contributed by atoms with Gasteiger partial charge in [0, 0.05) is 30.0 Å². The zero-order valence-electron chi connectivity index (χ0n) is 11.4. The molecule has 1 aromatic carbocycles. The number of methoxy groups -OCH3 is 1. The summed E-state index contributed by atoms with van der Waals surface area (Å²) in [6.07, 6.45) is 5.06. The molecule has 106 valence electrons. The number of benzene rings is 1. The number of hydrogen-bond acceptors (Lipinski definition) is 2. The summed E-state index contributed by atoms with van der Waals surface area (Å²) in [4.78, 5) is 2.39. The minimum atomic E-state index is -0.220. The molecule has 0 amide bonds. The third kappa shape index (κ3) is 3.69. The summed E-state index contributed by atoms with van der Waals surface area (Å²) in [7, 11) is 1.51. The Morgan fingerprint density at radius 1 is 1.37 bits per heavy atom. The van der Waals surface area contributed by atoms with Crippen molar-refractivity contribution in [2.75, 3.05) is 19.0 Å². The molecule has 2 nitrogen and oxygen atoms in total. The molecule has 0 heterocycles. The van der Waals surface area contributed by atoms with E-state index in [9.17, 15) is 4.39 Å². The van der Waals surface area contributed by atoms with E-state index in [0.29, 0.717) is 18.3 Å². The van der Waals surface area contributed by atoms with Crippen LogP contribution in [0, 0.1) is 5.82 Å². The first-order chi connectivity index (χ1) is 9.26. The fraction of sp³-hybridized carbons (Fsp3) is 0.600. The van der Waals surface area contributed by atoms with Crippen LogP contribution >= 0.6 is 15.9 Å². The maximum absolute atomic E-state index is 14.2. The monoisotopic (exact) mass is 329 g/mol. The smallest absolute Gasteiger partial charge is 0.169 e. The van der Waals surface area contributed by atoms with Crippen molar-refractivity contribution in [1.29, 1.82) is 0 Å². The van der Waals surface area contributed by atoms with Gasteiger partial charge in [-0.3, -0.25) is 4.90 Å². The number of nitrogens with zero attached hydrogens (tertiary/aromatic N) is 1. The molecule has 0 unspecified atom stereocenters. The summed E-state index contributed by atoms with van der Waals surface area (Å²) in [5.41, 5.74) is 0.729. The van der Waals surface area contributed by atoms with E-state index in [1.54, 1.807) is 6.07 Å². The minimum absolute atomic E-state index is 0.220. The Balaban J connectivity index is 2.11. The summed E-state index contributed by atoms with van der Waals surface area (Å²) in [6, 6.07) is 5.98. The third-order valence-electron chi connectivity index (χ3n) is 3.85. The number of halogens is 2. The fourth-order valence-corrected chi connectivity index (χ4v) is 3.28. The van der Waals surface area contributed by atoms with Crippen LogP contribution in [0.2, 0.25) is 0 Å². The van der Waals surface area contributed by atoms with E-state index >= 15 is 0 Å². The summed E-state index contributed by atoms with van der Waals surface area (Å²) in [5, 5.41) is 0.926. The van der Waals surface area contributed by atoms with Crippen molar-refractivity contribution in [3.05, 3.63) is 29.6 Å². The van der Waals surface area contributed by atoms with Crippen LogP contribution in [0.1, 0.15) is 31.2 Å². The Kier molecular flexibility index (Phi) is 5.64. The van der Waals surface area contributed by atoms with Crippen LogP contribution in [0.4, 0.5) is 4.39 Å². The van der Waals surface area contributed by atoms with Crippen LogP contribution in [0.3, 0.4) is 0 Å². The lowest BCUT2D eigenvalue weighted by Crippen LogP contribution is -2.34. The molecule has 1 aromatic rings. The van der Waals surface area contributed by atoms with Crippen LogP contribution in [0.25, 0.3) is 0 Å². The molecule has 0 N–H and O–H groups in total. The van der Waals surface area contributed by atoms with Gasteiger partial charge in [-0.1, -0.05) is 40.9 Å². The van der Waals surface area contributed by atoms with Gasteiger partial charge >= 0.3 is 0 Å². The molecule has 0 atom stereocenters. The van der Waals surface area contributed by atoms with Crippen molar-refractivity contribution in [3.8, 4) is 5.75 Å². The highest BCUT2D eigenvalue weighted by molar-refractivity contribution is 9.09. The van der Waals surface area contributed by atoms with Crippen molar-refractivity contribution in [2.45, 2.75) is 38.3 Å². The average molecular weight is 330 g/mol. The summed E-state index contributed by atoms with van der Waals surface area (Å²) < 4.78 is 19.2. The molecule has 0 saturated heterocycles. The SMILES string of the molecule is COc1cccc(CN(CCBr)C2CCCC2)c1F. The molecule has 1 aliphatic carbocycles. The maximum Gasteiger partial charge on any atom is 0.169 e. The summed E-state index contributed by atoms with van der Waals surface area (Å²) in [5.74, 6) is 0.116. The van der Waals surface area contributed by atoms with Crippen molar-refractivity contribution < 1.29 is 9.13 Å². The minimum Gasteiger partial charge on any atom is -0.494 e. The first-order valence-corrected chi connectivity index (χ1v) is 7.99. The van der Waals surface area contributed by atoms with Crippen LogP contribution in [0.5, 0.6) is 5.75 Å². The van der Waals surface area contributed by atoms with E-state index in [1.807, 2.05) is 12.1 Å². The Hall–Kier alpha value is -0.610. The second-order valence-electron chi connectivity index (χ2n) is 5.03. The summed E-state index contributed by atoms with van der Waals surface area (Å²) >= 11 is 3.50. The van der Waals surface area contributed by atoms with E-state index in [-0.39, 0.29) is 5.82 Å². The van der Waals surface area contributed by atoms with Gasteiger partial charge in [0.05, 0.1) is 7.11 Å². The largest absolute Gasteiger partial charge is 0.494 e. The van der Waals surface area contributed by atoms with Gasteiger partial charge in [0.1, 0.15) is 0 Å². The van der Waals surface area contributed by atoms with Gasteiger partial charge in [-0.15, -0.1) is 0 Å². The van der Waals surface area contributed by atoms with E-state index < -0.39 is 0 Å². The van der Waals surface area contributed by atoms with Gasteiger partial charge in [0.25, 0.3) is 0 Å². The molecule has 0 spiro atoms. The second-order valence-corrected chi connectivity index (χ2v) is 5.82. The Bertz CT molecular complexity index is 407. The fourth-order valence-electron chi connectivity index (χ4n) is 2.82. The molecule has 1 saturated carbocycles. The molecular formula is C15H21BrFNO. The molecule has 0 radical (unpaired) electrons. The molecule has 0 bridgehead atoms. The molecule has 19 heavy (non-hydrogen) atoms.